The lowest BCUT2D eigenvalue weighted by Gasteiger charge is -2.37. The molecule has 3 fully saturated rings. The Balaban J connectivity index is 1.27. The van der Waals surface area contributed by atoms with Crippen molar-refractivity contribution in [1.82, 2.24) is 20.0 Å². The summed E-state index contributed by atoms with van der Waals surface area (Å²) in [6, 6.07) is 3.53. The van der Waals surface area contributed by atoms with Crippen LogP contribution in [0.5, 0.6) is 0 Å². The van der Waals surface area contributed by atoms with Gasteiger partial charge in [-0.3, -0.25) is 24.4 Å². The third-order valence-corrected chi connectivity index (χ3v) is 7.93. The van der Waals surface area contributed by atoms with Crippen LogP contribution in [0, 0.1) is 17.7 Å². The molecule has 5 rings (SSSR count). The summed E-state index contributed by atoms with van der Waals surface area (Å²) in [5.74, 6) is -0.312. The second kappa shape index (κ2) is 9.35. The highest BCUT2D eigenvalue weighted by atomic mass is 19.1. The number of hydrogen-bond donors (Lipinski definition) is 1. The van der Waals surface area contributed by atoms with Crippen LogP contribution < -0.4 is 10.2 Å². The molecule has 0 aliphatic carbocycles. The predicted octanol–water partition coefficient (Wildman–Crippen LogP) is 2.71. The van der Waals surface area contributed by atoms with E-state index in [1.54, 1.807) is 17.8 Å². The van der Waals surface area contributed by atoms with Crippen LogP contribution >= 0.6 is 0 Å². The van der Waals surface area contributed by atoms with Crippen molar-refractivity contribution in [1.29, 1.82) is 0 Å². The second-order valence-corrected chi connectivity index (χ2v) is 10.1. The van der Waals surface area contributed by atoms with Crippen LogP contribution in [0.2, 0.25) is 0 Å². The Morgan fingerprint density at radius 2 is 1.74 bits per heavy atom. The van der Waals surface area contributed by atoms with E-state index in [4.69, 9.17) is 0 Å². The van der Waals surface area contributed by atoms with Crippen molar-refractivity contribution in [3.63, 3.8) is 0 Å². The van der Waals surface area contributed by atoms with Gasteiger partial charge in [-0.1, -0.05) is 0 Å². The number of fused-ring (bicyclic) bond motifs is 1. The van der Waals surface area contributed by atoms with E-state index in [0.717, 1.165) is 64.0 Å². The first-order valence-electron chi connectivity index (χ1n) is 12.4. The van der Waals surface area contributed by atoms with Crippen molar-refractivity contribution >= 4 is 34.8 Å². The van der Waals surface area contributed by atoms with Gasteiger partial charge >= 0.3 is 0 Å². The maximum Gasteiger partial charge on any atom is 0.235 e. The Morgan fingerprint density at radius 1 is 1.06 bits per heavy atom. The van der Waals surface area contributed by atoms with Gasteiger partial charge in [0.15, 0.2) is 0 Å². The zero-order chi connectivity index (χ0) is 23.8. The van der Waals surface area contributed by atoms with Crippen LogP contribution in [-0.2, 0) is 21.4 Å². The Hall–Kier alpha value is -2.97. The molecule has 3 saturated heterocycles. The van der Waals surface area contributed by atoms with Crippen LogP contribution in [0.15, 0.2) is 12.1 Å². The summed E-state index contributed by atoms with van der Waals surface area (Å²) in [7, 11) is 1.77. The predicted molar refractivity (Wildman–Crippen MR) is 126 cm³/mol. The summed E-state index contributed by atoms with van der Waals surface area (Å²) in [4.78, 5) is 38.9. The molecule has 2 aromatic rings. The summed E-state index contributed by atoms with van der Waals surface area (Å²) in [5, 5.41) is 7.20. The standard InChI is InChI=1S/C25H32FN5O3/c1-29-21-14-18(13-20(26)23(21)24(28-29)19-2-3-22(33)27-25(19)34)31-10-6-17(7-11-31)12-16-4-8-30(15-32)9-5-16/h13-17,19H,2-12H2,1H3,(H,27,33,34). The first-order chi connectivity index (χ1) is 16.4. The second-order valence-electron chi connectivity index (χ2n) is 10.1. The van der Waals surface area contributed by atoms with Gasteiger partial charge in [0.25, 0.3) is 0 Å². The lowest BCUT2D eigenvalue weighted by Crippen LogP contribution is -2.39. The normalized spacial score (nSPS) is 22.9. The molecular weight excluding hydrogens is 437 g/mol. The molecule has 0 saturated carbocycles. The molecule has 4 heterocycles. The van der Waals surface area contributed by atoms with Gasteiger partial charge < -0.3 is 9.80 Å². The lowest BCUT2D eigenvalue weighted by atomic mass is 9.83. The highest BCUT2D eigenvalue weighted by Crippen LogP contribution is 2.36. The fourth-order valence-electron chi connectivity index (χ4n) is 5.93. The third kappa shape index (κ3) is 4.40. The molecule has 1 unspecified atom stereocenters. The van der Waals surface area contributed by atoms with E-state index in [1.807, 2.05) is 11.0 Å². The number of amides is 3. The minimum absolute atomic E-state index is 0.235. The lowest BCUT2D eigenvalue weighted by molar-refractivity contribution is -0.134. The van der Waals surface area contributed by atoms with E-state index in [0.29, 0.717) is 34.9 Å². The molecular formula is C25H32FN5O3. The minimum Gasteiger partial charge on any atom is -0.371 e. The van der Waals surface area contributed by atoms with Gasteiger partial charge in [-0.05, 0) is 62.5 Å². The molecule has 8 nitrogen and oxygen atoms in total. The van der Waals surface area contributed by atoms with E-state index < -0.39 is 11.8 Å². The fraction of sp³-hybridized carbons (Fsp3) is 0.600. The number of hydrogen-bond acceptors (Lipinski definition) is 5. The molecule has 9 heteroatoms. The van der Waals surface area contributed by atoms with Crippen molar-refractivity contribution < 1.29 is 18.8 Å². The number of anilines is 1. The van der Waals surface area contributed by atoms with Gasteiger partial charge in [0.2, 0.25) is 18.2 Å². The van der Waals surface area contributed by atoms with Crippen LogP contribution in [0.25, 0.3) is 10.9 Å². The molecule has 0 bridgehead atoms. The number of likely N-dealkylation sites (tertiary alicyclic amines) is 1. The molecule has 1 aromatic heterocycles. The van der Waals surface area contributed by atoms with Gasteiger partial charge in [-0.15, -0.1) is 0 Å². The maximum atomic E-state index is 15.4. The average Bonchev–Trinajstić information content (AvgIpc) is 3.16. The van der Waals surface area contributed by atoms with Crippen LogP contribution in [0.1, 0.15) is 56.6 Å². The number of aromatic nitrogens is 2. The number of nitrogens with zero attached hydrogens (tertiary/aromatic N) is 4. The zero-order valence-electron chi connectivity index (χ0n) is 19.6. The number of piperidine rings is 3. The maximum absolute atomic E-state index is 15.4. The van der Waals surface area contributed by atoms with E-state index >= 15 is 4.39 Å². The number of halogens is 1. The molecule has 3 amide bonds. The first-order valence-corrected chi connectivity index (χ1v) is 12.4. The summed E-state index contributed by atoms with van der Waals surface area (Å²) >= 11 is 0. The molecule has 0 radical (unpaired) electrons. The van der Waals surface area contributed by atoms with Crippen LogP contribution in [-0.4, -0.2) is 59.1 Å². The Bertz CT molecular complexity index is 1100. The summed E-state index contributed by atoms with van der Waals surface area (Å²) in [6.45, 7) is 3.52. The van der Waals surface area contributed by atoms with Crippen molar-refractivity contribution in [2.75, 3.05) is 31.1 Å². The highest BCUT2D eigenvalue weighted by molar-refractivity contribution is 6.02. The van der Waals surface area contributed by atoms with E-state index in [2.05, 4.69) is 15.3 Å². The summed E-state index contributed by atoms with van der Waals surface area (Å²) in [5.41, 5.74) is 1.92. The highest BCUT2D eigenvalue weighted by Gasteiger charge is 2.33. The smallest absolute Gasteiger partial charge is 0.235 e. The summed E-state index contributed by atoms with van der Waals surface area (Å²) < 4.78 is 17.0. The number of carbonyl (C=O) groups excluding carboxylic acids is 3. The number of imide groups is 1. The monoisotopic (exact) mass is 469 g/mol. The number of nitrogens with one attached hydrogen (secondary N) is 1. The van der Waals surface area contributed by atoms with Crippen molar-refractivity contribution in [2.24, 2.45) is 18.9 Å². The molecule has 182 valence electrons. The molecule has 3 aliphatic rings. The first kappa shape index (κ1) is 22.8. The topological polar surface area (TPSA) is 87.5 Å². The van der Waals surface area contributed by atoms with E-state index in [-0.39, 0.29) is 18.1 Å². The van der Waals surface area contributed by atoms with Crippen LogP contribution in [0.3, 0.4) is 0 Å². The van der Waals surface area contributed by atoms with Crippen LogP contribution in [0.4, 0.5) is 10.1 Å². The van der Waals surface area contributed by atoms with Gasteiger partial charge in [0.1, 0.15) is 5.82 Å². The van der Waals surface area contributed by atoms with E-state index in [9.17, 15) is 14.4 Å². The van der Waals surface area contributed by atoms with Crippen molar-refractivity contribution in [3.8, 4) is 0 Å². The molecule has 1 aromatic carbocycles. The number of benzene rings is 1. The molecule has 34 heavy (non-hydrogen) atoms. The van der Waals surface area contributed by atoms with Gasteiger partial charge in [-0.25, -0.2) is 4.39 Å². The van der Waals surface area contributed by atoms with Crippen molar-refractivity contribution in [3.05, 3.63) is 23.6 Å². The molecule has 1 N–H and O–H groups in total. The Kier molecular flexibility index (Phi) is 6.27. The van der Waals surface area contributed by atoms with Gasteiger partial charge in [0.05, 0.1) is 22.5 Å². The summed E-state index contributed by atoms with van der Waals surface area (Å²) in [6.07, 6.45) is 7.11. The largest absolute Gasteiger partial charge is 0.371 e. The molecule has 3 aliphatic heterocycles. The average molecular weight is 470 g/mol. The van der Waals surface area contributed by atoms with E-state index in [1.165, 1.54) is 6.42 Å². The van der Waals surface area contributed by atoms with Crippen molar-refractivity contribution in [2.45, 2.75) is 50.9 Å². The van der Waals surface area contributed by atoms with Gasteiger partial charge in [-0.2, -0.15) is 5.10 Å². The fourth-order valence-corrected chi connectivity index (χ4v) is 5.93. The molecule has 0 spiro atoms. The Labute approximate surface area is 198 Å². The number of aryl methyl sites for hydroxylation is 1. The quantitative estimate of drug-likeness (QED) is 0.538. The Morgan fingerprint density at radius 3 is 2.38 bits per heavy atom. The minimum atomic E-state index is -0.615. The number of rotatable bonds is 5. The molecule has 1 atom stereocenters. The zero-order valence-corrected chi connectivity index (χ0v) is 19.6. The SMILES string of the molecule is Cn1nc(C2CCC(=O)NC2=O)c2c(F)cc(N3CCC(CC4CCN(C=O)CC4)CC3)cc21. The van der Waals surface area contributed by atoms with Gasteiger partial charge in [0, 0.05) is 45.3 Å². The number of carbonyl (C=O) groups is 3. The third-order valence-electron chi connectivity index (χ3n) is 7.93.